The van der Waals surface area contributed by atoms with Crippen molar-refractivity contribution in [2.24, 2.45) is 5.92 Å². The summed E-state index contributed by atoms with van der Waals surface area (Å²) in [5.41, 5.74) is 0.535. The molecule has 2 unspecified atom stereocenters. The second-order valence-electron chi connectivity index (χ2n) is 3.50. The smallest absolute Gasteiger partial charge is 0.315 e. The number of carbonyl (C=O) groups excluding carboxylic acids is 1. The van der Waals surface area contributed by atoms with Crippen molar-refractivity contribution in [2.75, 3.05) is 0 Å². The van der Waals surface area contributed by atoms with E-state index in [1.54, 1.807) is 19.1 Å². The topological polar surface area (TPSA) is 54.4 Å². The molecule has 1 aliphatic heterocycles. The van der Waals surface area contributed by atoms with E-state index >= 15 is 0 Å². The lowest BCUT2D eigenvalue weighted by atomic mass is 9.94. The van der Waals surface area contributed by atoms with Crippen molar-refractivity contribution in [1.82, 2.24) is 0 Å². The molecule has 0 radical (unpaired) electrons. The lowest BCUT2D eigenvalue weighted by Gasteiger charge is -2.25. The van der Waals surface area contributed by atoms with E-state index in [1.165, 1.54) is 11.8 Å². The van der Waals surface area contributed by atoms with Crippen molar-refractivity contribution in [1.29, 1.82) is 0 Å². The number of carbonyl (C=O) groups is 2. The van der Waals surface area contributed by atoms with Crippen molar-refractivity contribution in [3.8, 4) is 0 Å². The van der Waals surface area contributed by atoms with Crippen LogP contribution in [0.4, 0.5) is 0 Å². The van der Waals surface area contributed by atoms with Crippen molar-refractivity contribution in [3.05, 3.63) is 29.8 Å². The number of hydrogen-bond donors (Lipinski definition) is 1. The number of Topliss-reactive ketones (excluding diaryl/α,β-unsaturated/α-hetero) is 1. The zero-order chi connectivity index (χ0) is 11.0. The molecule has 1 aromatic rings. The third-order valence-electron chi connectivity index (χ3n) is 2.48. The minimum Gasteiger partial charge on any atom is -0.481 e. The summed E-state index contributed by atoms with van der Waals surface area (Å²) in [6.07, 6.45) is 0. The van der Waals surface area contributed by atoms with Crippen LogP contribution in [0.15, 0.2) is 29.2 Å². The molecule has 1 aromatic carbocycles. The fraction of sp³-hybridized carbons (Fsp3) is 0.273. The molecule has 0 bridgehead atoms. The third-order valence-corrected chi connectivity index (χ3v) is 3.74. The van der Waals surface area contributed by atoms with Crippen LogP contribution in [0.5, 0.6) is 0 Å². The molecule has 0 spiro atoms. The molecule has 0 saturated carbocycles. The zero-order valence-corrected chi connectivity index (χ0v) is 8.95. The molecule has 2 rings (SSSR count). The number of carboxylic acid groups (broad SMARTS) is 1. The molecular weight excluding hydrogens is 212 g/mol. The third kappa shape index (κ3) is 1.65. The van der Waals surface area contributed by atoms with Gasteiger partial charge in [-0.1, -0.05) is 25.1 Å². The van der Waals surface area contributed by atoms with Gasteiger partial charge in [0.15, 0.2) is 5.78 Å². The Kier molecular flexibility index (Phi) is 2.52. The van der Waals surface area contributed by atoms with E-state index in [9.17, 15) is 9.59 Å². The second kappa shape index (κ2) is 3.70. The van der Waals surface area contributed by atoms with Crippen LogP contribution in [0.25, 0.3) is 0 Å². The second-order valence-corrected chi connectivity index (χ2v) is 4.92. The molecule has 0 saturated heterocycles. The number of carboxylic acids is 1. The van der Waals surface area contributed by atoms with E-state index in [2.05, 4.69) is 0 Å². The summed E-state index contributed by atoms with van der Waals surface area (Å²) in [5.74, 6) is -2.22. The minimum atomic E-state index is -1.03. The molecule has 2 atom stereocenters. The highest BCUT2D eigenvalue weighted by atomic mass is 32.2. The van der Waals surface area contributed by atoms with E-state index in [4.69, 9.17) is 5.11 Å². The summed E-state index contributed by atoms with van der Waals surface area (Å²) in [5, 5.41) is 8.77. The summed E-state index contributed by atoms with van der Waals surface area (Å²) >= 11 is 1.45. The zero-order valence-electron chi connectivity index (χ0n) is 8.14. The number of benzene rings is 1. The summed E-state index contributed by atoms with van der Waals surface area (Å²) < 4.78 is 0. The van der Waals surface area contributed by atoms with E-state index in [-0.39, 0.29) is 11.0 Å². The number of aliphatic carboxylic acids is 1. The highest BCUT2D eigenvalue weighted by Gasteiger charge is 2.38. The number of fused-ring (bicyclic) bond motifs is 1. The molecular formula is C11H10O3S. The molecule has 0 aromatic heterocycles. The van der Waals surface area contributed by atoms with Gasteiger partial charge >= 0.3 is 5.97 Å². The van der Waals surface area contributed by atoms with Gasteiger partial charge < -0.3 is 5.11 Å². The number of thioether (sulfide) groups is 1. The van der Waals surface area contributed by atoms with Gasteiger partial charge in [-0.15, -0.1) is 11.8 Å². The van der Waals surface area contributed by atoms with Crippen LogP contribution in [-0.4, -0.2) is 22.1 Å². The van der Waals surface area contributed by atoms with Gasteiger partial charge in [0.05, 0.1) is 0 Å². The first-order valence-electron chi connectivity index (χ1n) is 4.64. The lowest BCUT2D eigenvalue weighted by molar-refractivity contribution is -0.139. The fourth-order valence-electron chi connectivity index (χ4n) is 1.73. The maximum Gasteiger partial charge on any atom is 0.315 e. The van der Waals surface area contributed by atoms with E-state index < -0.39 is 11.9 Å². The summed E-state index contributed by atoms with van der Waals surface area (Å²) in [4.78, 5) is 23.7. The van der Waals surface area contributed by atoms with Crippen molar-refractivity contribution in [2.45, 2.75) is 17.1 Å². The van der Waals surface area contributed by atoms with Gasteiger partial charge in [-0.2, -0.15) is 0 Å². The number of rotatable bonds is 1. The molecule has 3 nitrogen and oxygen atoms in total. The summed E-state index contributed by atoms with van der Waals surface area (Å²) in [6.45, 7) is 1.78. The summed E-state index contributed by atoms with van der Waals surface area (Å²) in [7, 11) is 0. The Bertz CT molecular complexity index is 428. The summed E-state index contributed by atoms with van der Waals surface area (Å²) in [6, 6.07) is 7.15. The first-order valence-corrected chi connectivity index (χ1v) is 5.52. The Morgan fingerprint density at radius 2 is 2.07 bits per heavy atom. The average Bonchev–Trinajstić information content (AvgIpc) is 2.17. The van der Waals surface area contributed by atoms with Crippen LogP contribution in [0.1, 0.15) is 17.3 Å². The monoisotopic (exact) mass is 222 g/mol. The molecule has 1 heterocycles. The van der Waals surface area contributed by atoms with E-state index in [0.717, 1.165) is 4.90 Å². The van der Waals surface area contributed by atoms with Gasteiger partial charge in [0.2, 0.25) is 0 Å². The molecule has 1 N–H and O–H groups in total. The largest absolute Gasteiger partial charge is 0.481 e. The van der Waals surface area contributed by atoms with Crippen LogP contribution in [0, 0.1) is 5.92 Å². The maximum absolute atomic E-state index is 11.9. The van der Waals surface area contributed by atoms with Crippen LogP contribution in [0.3, 0.4) is 0 Å². The quantitative estimate of drug-likeness (QED) is 0.739. The van der Waals surface area contributed by atoms with E-state index in [0.29, 0.717) is 5.56 Å². The lowest BCUT2D eigenvalue weighted by Crippen LogP contribution is -2.34. The number of hydrogen-bond acceptors (Lipinski definition) is 3. The molecule has 0 aliphatic carbocycles. The Morgan fingerprint density at radius 3 is 2.73 bits per heavy atom. The van der Waals surface area contributed by atoms with Gasteiger partial charge in [-0.3, -0.25) is 9.59 Å². The predicted octanol–water partition coefficient (Wildman–Crippen LogP) is 2.06. The Balaban J connectivity index is 2.47. The van der Waals surface area contributed by atoms with Gasteiger partial charge in [-0.05, 0) is 6.07 Å². The Morgan fingerprint density at radius 1 is 1.40 bits per heavy atom. The Labute approximate surface area is 91.5 Å². The van der Waals surface area contributed by atoms with Crippen molar-refractivity contribution < 1.29 is 14.7 Å². The maximum atomic E-state index is 11.9. The normalized spacial score (nSPS) is 24.7. The predicted molar refractivity (Wildman–Crippen MR) is 57.2 cm³/mol. The van der Waals surface area contributed by atoms with Crippen molar-refractivity contribution >= 4 is 23.5 Å². The molecule has 0 fully saturated rings. The SMILES string of the molecule is CC1Sc2ccccc2C(=O)C1C(=O)O. The van der Waals surface area contributed by atoms with Crippen molar-refractivity contribution in [3.63, 3.8) is 0 Å². The highest BCUT2D eigenvalue weighted by molar-refractivity contribution is 8.00. The Hall–Kier alpha value is -1.29. The fourth-order valence-corrected chi connectivity index (χ4v) is 2.96. The van der Waals surface area contributed by atoms with Gasteiger partial charge in [0, 0.05) is 15.7 Å². The van der Waals surface area contributed by atoms with Gasteiger partial charge in [0.25, 0.3) is 0 Å². The van der Waals surface area contributed by atoms with Crippen LogP contribution < -0.4 is 0 Å². The minimum absolute atomic E-state index is 0.204. The molecule has 4 heteroatoms. The van der Waals surface area contributed by atoms with Crippen LogP contribution in [0.2, 0.25) is 0 Å². The van der Waals surface area contributed by atoms with Gasteiger partial charge in [-0.25, -0.2) is 0 Å². The standard InChI is InChI=1S/C11H10O3S/c1-6-9(11(13)14)10(12)7-4-2-3-5-8(7)15-6/h2-6,9H,1H3,(H,13,14). The number of ketones is 1. The van der Waals surface area contributed by atoms with Crippen LogP contribution >= 0.6 is 11.8 Å². The first kappa shape index (κ1) is 10.2. The van der Waals surface area contributed by atoms with E-state index in [1.807, 2.05) is 12.1 Å². The molecule has 0 amide bonds. The first-order chi connectivity index (χ1) is 7.11. The van der Waals surface area contributed by atoms with Crippen LogP contribution in [-0.2, 0) is 4.79 Å². The molecule has 78 valence electrons. The average molecular weight is 222 g/mol. The molecule has 1 aliphatic rings. The molecule has 15 heavy (non-hydrogen) atoms. The van der Waals surface area contributed by atoms with Gasteiger partial charge in [0.1, 0.15) is 5.92 Å². The highest BCUT2D eigenvalue weighted by Crippen LogP contribution is 2.38.